The van der Waals surface area contributed by atoms with Crippen molar-refractivity contribution in [3.8, 4) is 11.8 Å². The predicted octanol–water partition coefficient (Wildman–Crippen LogP) is 2.20. The Morgan fingerprint density at radius 3 is 2.86 bits per heavy atom. The maximum absolute atomic E-state index is 12.6. The number of amides is 1. The third kappa shape index (κ3) is 3.74. The highest BCUT2D eigenvalue weighted by Crippen LogP contribution is 2.15. The van der Waals surface area contributed by atoms with Gasteiger partial charge in [0.25, 0.3) is 5.91 Å². The first kappa shape index (κ1) is 14.9. The normalized spacial score (nSPS) is 9.86. The van der Waals surface area contributed by atoms with E-state index < -0.39 is 0 Å². The van der Waals surface area contributed by atoms with Crippen LogP contribution in [0.15, 0.2) is 41.2 Å². The summed E-state index contributed by atoms with van der Waals surface area (Å²) in [4.78, 5) is 14.2. The minimum absolute atomic E-state index is 0.109. The molecule has 0 saturated carbocycles. The van der Waals surface area contributed by atoms with Crippen molar-refractivity contribution in [2.75, 3.05) is 13.7 Å². The lowest BCUT2D eigenvalue weighted by Crippen LogP contribution is -2.26. The molecule has 0 unspecified atom stereocenters. The zero-order valence-electron chi connectivity index (χ0n) is 12.1. The third-order valence-corrected chi connectivity index (χ3v) is 3.05. The molecule has 1 aromatic heterocycles. The summed E-state index contributed by atoms with van der Waals surface area (Å²) in [5.74, 6) is 5.29. The summed E-state index contributed by atoms with van der Waals surface area (Å²) in [6, 6.07) is 7.34. The topological polar surface area (TPSA) is 53.7 Å². The highest BCUT2D eigenvalue weighted by Gasteiger charge is 2.16. The maximum atomic E-state index is 12.6. The van der Waals surface area contributed by atoms with E-state index in [1.54, 1.807) is 30.5 Å². The highest BCUT2D eigenvalue weighted by molar-refractivity contribution is 5.96. The molecule has 0 saturated heterocycles. The monoisotopic (exact) mass is 283 g/mol. The summed E-state index contributed by atoms with van der Waals surface area (Å²) in [5, 5.41) is 8.81. The molecule has 0 aliphatic heterocycles. The van der Waals surface area contributed by atoms with Crippen molar-refractivity contribution in [2.24, 2.45) is 0 Å². The Labute approximate surface area is 124 Å². The molecule has 2 aromatic rings. The second kappa shape index (κ2) is 6.78. The average molecular weight is 283 g/mol. The number of carbonyl (C=O) groups excluding carboxylic acids is 1. The van der Waals surface area contributed by atoms with Gasteiger partial charge in [0.2, 0.25) is 0 Å². The van der Waals surface area contributed by atoms with E-state index in [9.17, 15) is 4.79 Å². The van der Waals surface area contributed by atoms with E-state index >= 15 is 0 Å². The molecule has 0 radical (unpaired) electrons. The molecule has 0 aliphatic rings. The number of furan rings is 1. The minimum Gasteiger partial charge on any atom is -0.472 e. The van der Waals surface area contributed by atoms with Crippen molar-refractivity contribution in [3.05, 3.63) is 59.0 Å². The Kier molecular flexibility index (Phi) is 4.81. The minimum atomic E-state index is -0.230. The van der Waals surface area contributed by atoms with Gasteiger partial charge in [-0.3, -0.25) is 4.79 Å². The van der Waals surface area contributed by atoms with Gasteiger partial charge in [-0.2, -0.15) is 0 Å². The van der Waals surface area contributed by atoms with Crippen LogP contribution in [0.5, 0.6) is 0 Å². The van der Waals surface area contributed by atoms with Gasteiger partial charge in [-0.15, -0.1) is 0 Å². The molecule has 21 heavy (non-hydrogen) atoms. The zero-order valence-corrected chi connectivity index (χ0v) is 12.1. The molecule has 0 spiro atoms. The van der Waals surface area contributed by atoms with Crippen LogP contribution in [0.2, 0.25) is 0 Å². The standard InChI is InChI=1S/C17H17NO3/c1-13-5-6-15(4-3-8-19)16(10-13)17(20)18(2)11-14-7-9-21-12-14/h5-7,9-10,12,19H,8,11H2,1-2H3. The largest absolute Gasteiger partial charge is 0.472 e. The van der Waals surface area contributed by atoms with E-state index in [4.69, 9.17) is 9.52 Å². The van der Waals surface area contributed by atoms with Gasteiger partial charge in [-0.05, 0) is 25.1 Å². The quantitative estimate of drug-likeness (QED) is 0.879. The van der Waals surface area contributed by atoms with Crippen molar-refractivity contribution in [1.82, 2.24) is 4.90 Å². The van der Waals surface area contributed by atoms with Crippen molar-refractivity contribution in [1.29, 1.82) is 0 Å². The van der Waals surface area contributed by atoms with Gasteiger partial charge in [-0.25, -0.2) is 0 Å². The molecule has 1 amide bonds. The molecule has 4 nitrogen and oxygen atoms in total. The van der Waals surface area contributed by atoms with E-state index in [1.807, 2.05) is 25.1 Å². The SMILES string of the molecule is Cc1ccc(C#CCO)c(C(=O)N(C)Cc2ccoc2)c1. The number of nitrogens with zero attached hydrogens (tertiary/aromatic N) is 1. The van der Waals surface area contributed by atoms with Crippen molar-refractivity contribution in [2.45, 2.75) is 13.5 Å². The molecule has 0 bridgehead atoms. The second-order valence-electron chi connectivity index (χ2n) is 4.80. The summed E-state index contributed by atoms with van der Waals surface area (Å²) >= 11 is 0. The summed E-state index contributed by atoms with van der Waals surface area (Å²) in [7, 11) is 1.74. The van der Waals surface area contributed by atoms with Crippen LogP contribution < -0.4 is 0 Å². The first-order chi connectivity index (χ1) is 10.1. The molecule has 0 aliphatic carbocycles. The Morgan fingerprint density at radius 1 is 1.38 bits per heavy atom. The molecule has 1 aromatic carbocycles. The van der Waals surface area contributed by atoms with Gasteiger partial charge in [0.15, 0.2) is 0 Å². The number of hydrogen-bond acceptors (Lipinski definition) is 3. The number of rotatable bonds is 3. The van der Waals surface area contributed by atoms with Crippen LogP contribution >= 0.6 is 0 Å². The van der Waals surface area contributed by atoms with Crippen LogP contribution in [0, 0.1) is 18.8 Å². The number of benzene rings is 1. The van der Waals surface area contributed by atoms with Crippen LogP contribution in [0.1, 0.15) is 27.0 Å². The molecule has 1 N–H and O–H groups in total. The second-order valence-corrected chi connectivity index (χ2v) is 4.80. The number of aliphatic hydroxyl groups excluding tert-OH is 1. The molecule has 1 heterocycles. The lowest BCUT2D eigenvalue weighted by molar-refractivity contribution is 0.0784. The fourth-order valence-corrected chi connectivity index (χ4v) is 2.01. The first-order valence-electron chi connectivity index (χ1n) is 6.58. The Hall–Kier alpha value is -2.51. The molecule has 0 fully saturated rings. The summed E-state index contributed by atoms with van der Waals surface area (Å²) in [6.45, 7) is 2.17. The molecule has 4 heteroatoms. The van der Waals surface area contributed by atoms with Crippen molar-refractivity contribution < 1.29 is 14.3 Å². The molecular formula is C17H17NO3. The summed E-state index contributed by atoms with van der Waals surface area (Å²) in [6.07, 6.45) is 3.20. The van der Waals surface area contributed by atoms with Crippen molar-refractivity contribution in [3.63, 3.8) is 0 Å². The predicted molar refractivity (Wildman–Crippen MR) is 79.6 cm³/mol. The van der Waals surface area contributed by atoms with E-state index in [2.05, 4.69) is 11.8 Å². The van der Waals surface area contributed by atoms with E-state index in [-0.39, 0.29) is 12.5 Å². The molecular weight excluding hydrogens is 266 g/mol. The fourth-order valence-electron chi connectivity index (χ4n) is 2.01. The molecule has 0 atom stereocenters. The Balaban J connectivity index is 2.26. The number of hydrogen-bond donors (Lipinski definition) is 1. The summed E-state index contributed by atoms with van der Waals surface area (Å²) in [5.41, 5.74) is 3.09. The zero-order chi connectivity index (χ0) is 15.2. The number of carbonyl (C=O) groups is 1. The van der Waals surface area contributed by atoms with Gasteiger partial charge in [0.05, 0.1) is 18.1 Å². The van der Waals surface area contributed by atoms with E-state index in [0.717, 1.165) is 11.1 Å². The van der Waals surface area contributed by atoms with Gasteiger partial charge < -0.3 is 14.4 Å². The maximum Gasteiger partial charge on any atom is 0.255 e. The lowest BCUT2D eigenvalue weighted by Gasteiger charge is -2.17. The average Bonchev–Trinajstić information content (AvgIpc) is 2.98. The van der Waals surface area contributed by atoms with E-state index in [0.29, 0.717) is 17.7 Å². The fraction of sp³-hybridized carbons (Fsp3) is 0.235. The Bertz CT molecular complexity index is 678. The lowest BCUT2D eigenvalue weighted by atomic mass is 10.0. The van der Waals surface area contributed by atoms with Crippen LogP contribution in [-0.2, 0) is 6.54 Å². The Morgan fingerprint density at radius 2 is 2.19 bits per heavy atom. The smallest absolute Gasteiger partial charge is 0.255 e. The molecule has 108 valence electrons. The summed E-state index contributed by atoms with van der Waals surface area (Å²) < 4.78 is 5.01. The van der Waals surface area contributed by atoms with Gasteiger partial charge in [0.1, 0.15) is 6.61 Å². The number of aryl methyl sites for hydroxylation is 1. The van der Waals surface area contributed by atoms with Crippen LogP contribution in [0.25, 0.3) is 0 Å². The van der Waals surface area contributed by atoms with Gasteiger partial charge in [0, 0.05) is 24.7 Å². The third-order valence-electron chi connectivity index (χ3n) is 3.05. The first-order valence-corrected chi connectivity index (χ1v) is 6.58. The highest BCUT2D eigenvalue weighted by atomic mass is 16.3. The van der Waals surface area contributed by atoms with Gasteiger partial charge >= 0.3 is 0 Å². The molecule has 2 rings (SSSR count). The number of aliphatic hydroxyl groups is 1. The van der Waals surface area contributed by atoms with Crippen LogP contribution in [0.4, 0.5) is 0 Å². The van der Waals surface area contributed by atoms with E-state index in [1.165, 1.54) is 0 Å². The van der Waals surface area contributed by atoms with Crippen LogP contribution in [0.3, 0.4) is 0 Å². The van der Waals surface area contributed by atoms with Crippen molar-refractivity contribution >= 4 is 5.91 Å². The van der Waals surface area contributed by atoms with Crippen LogP contribution in [-0.4, -0.2) is 29.6 Å². The van der Waals surface area contributed by atoms with Gasteiger partial charge in [-0.1, -0.05) is 23.5 Å².